The Kier molecular flexibility index (Phi) is 6.08. The number of hydrogen-bond donors (Lipinski definition) is 1. The Morgan fingerprint density at radius 2 is 2.04 bits per heavy atom. The molecule has 0 spiro atoms. The van der Waals surface area contributed by atoms with E-state index in [0.29, 0.717) is 11.6 Å². The largest absolute Gasteiger partial charge is 0.478 e. The summed E-state index contributed by atoms with van der Waals surface area (Å²) >= 11 is 7.66. The molecule has 0 amide bonds. The molecule has 2 heterocycles. The first-order valence-electron chi connectivity index (χ1n) is 8.12. The lowest BCUT2D eigenvalue weighted by atomic mass is 10.3. The van der Waals surface area contributed by atoms with Crippen molar-refractivity contribution in [2.75, 3.05) is 44.2 Å². The summed E-state index contributed by atoms with van der Waals surface area (Å²) in [6, 6.07) is 5.71. The molecule has 2 aromatic rings. The maximum absolute atomic E-state index is 11.3. The van der Waals surface area contributed by atoms with Crippen LogP contribution in [0.1, 0.15) is 0 Å². The third-order valence-electron chi connectivity index (χ3n) is 4.00. The molecule has 1 aromatic carbocycles. The van der Waals surface area contributed by atoms with Gasteiger partial charge in [-0.15, -0.1) is 0 Å². The van der Waals surface area contributed by atoms with Gasteiger partial charge < -0.3 is 14.7 Å². The van der Waals surface area contributed by atoms with E-state index in [-0.39, 0.29) is 6.61 Å². The van der Waals surface area contributed by atoms with Crippen molar-refractivity contribution in [1.82, 2.24) is 9.88 Å². The van der Waals surface area contributed by atoms with Crippen LogP contribution in [0.25, 0.3) is 10.2 Å². The van der Waals surface area contributed by atoms with Crippen molar-refractivity contribution in [2.45, 2.75) is 0 Å². The number of thiazole rings is 1. The molecule has 9 heteroatoms. The van der Waals surface area contributed by atoms with Crippen LogP contribution >= 0.6 is 22.9 Å². The topological polar surface area (TPSA) is 83.0 Å². The Balaban J connectivity index is 1.45. The van der Waals surface area contributed by atoms with Crippen molar-refractivity contribution in [3.8, 4) is 0 Å². The first-order valence-corrected chi connectivity index (χ1v) is 9.32. The molecule has 1 aliphatic heterocycles. The van der Waals surface area contributed by atoms with Gasteiger partial charge in [-0.3, -0.25) is 4.90 Å². The molecule has 3 rings (SSSR count). The van der Waals surface area contributed by atoms with Gasteiger partial charge in [-0.1, -0.05) is 22.9 Å². The van der Waals surface area contributed by atoms with Crippen LogP contribution < -0.4 is 4.90 Å². The summed E-state index contributed by atoms with van der Waals surface area (Å²) in [5.74, 6) is -1.81. The van der Waals surface area contributed by atoms with Crippen molar-refractivity contribution < 1.29 is 19.4 Å². The van der Waals surface area contributed by atoms with Crippen LogP contribution in [-0.4, -0.2) is 66.3 Å². The van der Waals surface area contributed by atoms with Gasteiger partial charge in [0.1, 0.15) is 6.61 Å². The molecule has 0 saturated carbocycles. The second-order valence-corrected chi connectivity index (χ2v) is 7.22. The number of esters is 1. The summed E-state index contributed by atoms with van der Waals surface area (Å²) in [5, 5.41) is 10.2. The van der Waals surface area contributed by atoms with Gasteiger partial charge >= 0.3 is 11.9 Å². The van der Waals surface area contributed by atoms with Gasteiger partial charge in [0.2, 0.25) is 0 Å². The van der Waals surface area contributed by atoms with Crippen molar-refractivity contribution in [1.29, 1.82) is 0 Å². The van der Waals surface area contributed by atoms with E-state index in [4.69, 9.17) is 21.4 Å². The smallest absolute Gasteiger partial charge is 0.331 e. The first-order chi connectivity index (χ1) is 12.5. The molecular weight excluding hydrogens is 378 g/mol. The maximum Gasteiger partial charge on any atom is 0.331 e. The summed E-state index contributed by atoms with van der Waals surface area (Å²) in [4.78, 5) is 30.8. The number of aliphatic carboxylic acids is 1. The number of aromatic nitrogens is 1. The molecule has 7 nitrogen and oxygen atoms in total. The van der Waals surface area contributed by atoms with Gasteiger partial charge in [0.15, 0.2) is 5.13 Å². The summed E-state index contributed by atoms with van der Waals surface area (Å²) in [5.41, 5.74) is 0.957. The zero-order valence-corrected chi connectivity index (χ0v) is 15.5. The van der Waals surface area contributed by atoms with E-state index < -0.39 is 11.9 Å². The first kappa shape index (κ1) is 18.6. The van der Waals surface area contributed by atoms with Crippen molar-refractivity contribution >= 4 is 50.2 Å². The summed E-state index contributed by atoms with van der Waals surface area (Å²) in [7, 11) is 0. The fourth-order valence-electron chi connectivity index (χ4n) is 2.65. The zero-order valence-electron chi connectivity index (χ0n) is 13.9. The van der Waals surface area contributed by atoms with Crippen LogP contribution in [0, 0.1) is 0 Å². The minimum absolute atomic E-state index is 0.239. The Bertz CT molecular complexity index is 831. The number of carboxylic acids is 1. The zero-order chi connectivity index (χ0) is 18.5. The second-order valence-electron chi connectivity index (χ2n) is 5.78. The number of halogens is 1. The highest BCUT2D eigenvalue weighted by molar-refractivity contribution is 7.22. The Hall–Kier alpha value is -2.16. The average molecular weight is 396 g/mol. The number of carbonyl (C=O) groups is 2. The molecule has 1 aromatic heterocycles. The molecular formula is C17H18ClN3O4S. The average Bonchev–Trinajstić information content (AvgIpc) is 3.03. The number of carbonyl (C=O) groups excluding carboxylic acids is 1. The van der Waals surface area contributed by atoms with Crippen LogP contribution in [0.2, 0.25) is 5.02 Å². The van der Waals surface area contributed by atoms with Crippen molar-refractivity contribution in [2.24, 2.45) is 0 Å². The van der Waals surface area contributed by atoms with Crippen LogP contribution in [0.3, 0.4) is 0 Å². The molecule has 26 heavy (non-hydrogen) atoms. The van der Waals surface area contributed by atoms with Gasteiger partial charge in [-0.2, -0.15) is 0 Å². The lowest BCUT2D eigenvalue weighted by Crippen LogP contribution is -2.47. The highest BCUT2D eigenvalue weighted by Gasteiger charge is 2.20. The van der Waals surface area contributed by atoms with Gasteiger partial charge in [-0.05, 0) is 18.2 Å². The number of ether oxygens (including phenoxy) is 1. The van der Waals surface area contributed by atoms with Crippen molar-refractivity contribution in [3.63, 3.8) is 0 Å². The molecule has 1 saturated heterocycles. The minimum Gasteiger partial charge on any atom is -0.478 e. The Morgan fingerprint density at radius 1 is 1.27 bits per heavy atom. The molecule has 1 aliphatic rings. The van der Waals surface area contributed by atoms with Gasteiger partial charge in [-0.25, -0.2) is 14.6 Å². The van der Waals surface area contributed by atoms with Crippen LogP contribution in [0.4, 0.5) is 5.13 Å². The molecule has 0 radical (unpaired) electrons. The van der Waals surface area contributed by atoms with E-state index in [1.165, 1.54) is 0 Å². The highest BCUT2D eigenvalue weighted by Crippen LogP contribution is 2.31. The third kappa shape index (κ3) is 4.94. The van der Waals surface area contributed by atoms with Crippen LogP contribution in [0.15, 0.2) is 30.4 Å². The minimum atomic E-state index is -1.17. The predicted octanol–water partition coefficient (Wildman–Crippen LogP) is 2.26. The normalized spacial score (nSPS) is 15.7. The van der Waals surface area contributed by atoms with Crippen molar-refractivity contribution in [3.05, 3.63) is 35.4 Å². The maximum atomic E-state index is 11.3. The van der Waals surface area contributed by atoms with Gasteiger partial charge in [0, 0.05) is 49.9 Å². The number of carboxylic acid groups (broad SMARTS) is 1. The van der Waals surface area contributed by atoms with E-state index >= 15 is 0 Å². The lowest BCUT2D eigenvalue weighted by Gasteiger charge is -2.34. The molecule has 0 atom stereocenters. The fraction of sp³-hybridized carbons (Fsp3) is 0.353. The summed E-state index contributed by atoms with van der Waals surface area (Å²) < 4.78 is 6.07. The van der Waals surface area contributed by atoms with E-state index in [2.05, 4.69) is 14.8 Å². The number of hydrogen-bond acceptors (Lipinski definition) is 7. The summed E-state index contributed by atoms with van der Waals surface area (Å²) in [6.45, 7) is 4.25. The predicted molar refractivity (Wildman–Crippen MR) is 101 cm³/mol. The number of anilines is 1. The van der Waals surface area contributed by atoms with E-state index in [0.717, 1.165) is 53.7 Å². The summed E-state index contributed by atoms with van der Waals surface area (Å²) in [6.07, 6.45) is 1.69. The quantitative estimate of drug-likeness (QED) is 0.593. The Labute approximate surface area is 159 Å². The number of nitrogens with zero attached hydrogens (tertiary/aromatic N) is 3. The molecule has 1 fully saturated rings. The fourth-order valence-corrected chi connectivity index (χ4v) is 3.94. The van der Waals surface area contributed by atoms with E-state index in [9.17, 15) is 9.59 Å². The number of benzene rings is 1. The second kappa shape index (κ2) is 8.48. The van der Waals surface area contributed by atoms with Crippen LogP contribution in [-0.2, 0) is 14.3 Å². The third-order valence-corrected chi connectivity index (χ3v) is 5.31. The number of fused-ring (bicyclic) bond motifs is 1. The standard InChI is InChI=1S/C17H18ClN3O4S/c18-12-1-2-13-14(11-12)26-17(19-13)21-7-5-20(6-8-21)9-10-25-16(24)4-3-15(22)23/h1-4,11H,5-10H2,(H,22,23)/b4-3+. The molecule has 1 N–H and O–H groups in total. The SMILES string of the molecule is O=C(O)/C=C/C(=O)OCCN1CCN(c2nc3ccc(Cl)cc3s2)CC1. The van der Waals surface area contributed by atoms with Crippen LogP contribution in [0.5, 0.6) is 0 Å². The molecule has 0 unspecified atom stereocenters. The monoisotopic (exact) mass is 395 g/mol. The highest BCUT2D eigenvalue weighted by atomic mass is 35.5. The van der Waals surface area contributed by atoms with Gasteiger partial charge in [0.25, 0.3) is 0 Å². The van der Waals surface area contributed by atoms with E-state index in [1.807, 2.05) is 18.2 Å². The van der Waals surface area contributed by atoms with Gasteiger partial charge in [0.05, 0.1) is 10.2 Å². The Morgan fingerprint density at radius 3 is 2.77 bits per heavy atom. The number of piperazine rings is 1. The molecule has 0 aliphatic carbocycles. The molecule has 0 bridgehead atoms. The number of rotatable bonds is 6. The molecule has 138 valence electrons. The lowest BCUT2D eigenvalue weighted by molar-refractivity contribution is -0.139. The van der Waals surface area contributed by atoms with E-state index in [1.54, 1.807) is 11.3 Å².